The summed E-state index contributed by atoms with van der Waals surface area (Å²) in [7, 11) is -2.05. The Bertz CT molecular complexity index is 1090. The maximum Gasteiger partial charge on any atom is 0.268 e. The van der Waals surface area contributed by atoms with E-state index < -0.39 is 15.8 Å². The van der Waals surface area contributed by atoms with E-state index in [1.54, 1.807) is 55.7 Å². The molecule has 1 aromatic heterocycles. The lowest BCUT2D eigenvalue weighted by Crippen LogP contribution is -2.14. The maximum atomic E-state index is 14.4. The quantitative estimate of drug-likeness (QED) is 0.695. The molecule has 1 N–H and O–H groups in total. The van der Waals surface area contributed by atoms with Crippen molar-refractivity contribution >= 4 is 10.0 Å². The van der Waals surface area contributed by atoms with Crippen LogP contribution in [0.1, 0.15) is 29.9 Å². The van der Waals surface area contributed by atoms with Crippen LogP contribution >= 0.6 is 0 Å². The molecule has 2 aromatic carbocycles. The highest BCUT2D eigenvalue weighted by Crippen LogP contribution is 2.41. The molecule has 140 valence electrons. The first-order chi connectivity index (χ1) is 13.0. The van der Waals surface area contributed by atoms with Gasteiger partial charge >= 0.3 is 0 Å². The fourth-order valence-electron chi connectivity index (χ4n) is 3.32. The van der Waals surface area contributed by atoms with E-state index in [-0.39, 0.29) is 10.5 Å². The monoisotopic (exact) mass is 384 g/mol. The van der Waals surface area contributed by atoms with E-state index >= 15 is 0 Å². The first-order valence-corrected chi connectivity index (χ1v) is 10.4. The Labute approximate surface area is 158 Å². The molecule has 0 radical (unpaired) electrons. The van der Waals surface area contributed by atoms with Crippen LogP contribution < -0.4 is 5.32 Å². The molecule has 0 bridgehead atoms. The molecule has 6 heteroatoms. The zero-order valence-corrected chi connectivity index (χ0v) is 15.8. The van der Waals surface area contributed by atoms with Gasteiger partial charge in [-0.05, 0) is 67.3 Å². The average Bonchev–Trinajstić information content (AvgIpc) is 3.43. The zero-order chi connectivity index (χ0) is 19.0. The highest BCUT2D eigenvalue weighted by Gasteiger charge is 2.27. The number of halogens is 1. The van der Waals surface area contributed by atoms with Crippen molar-refractivity contribution in [2.24, 2.45) is 0 Å². The molecule has 0 spiro atoms. The first-order valence-electron chi connectivity index (χ1n) is 8.97. The van der Waals surface area contributed by atoms with Crippen molar-refractivity contribution < 1.29 is 12.8 Å². The fraction of sp³-hybridized carbons (Fsp3) is 0.238. The highest BCUT2D eigenvalue weighted by atomic mass is 32.2. The lowest BCUT2D eigenvalue weighted by molar-refractivity contribution is 0.587. The van der Waals surface area contributed by atoms with Crippen molar-refractivity contribution in [1.29, 1.82) is 0 Å². The van der Waals surface area contributed by atoms with Crippen LogP contribution in [0.4, 0.5) is 4.39 Å². The summed E-state index contributed by atoms with van der Waals surface area (Å²) in [4.78, 5) is 0.232. The van der Waals surface area contributed by atoms with E-state index in [1.807, 2.05) is 6.07 Å². The standard InChI is InChI=1S/C21H21FN2O2S/c1-23-13-15-11-21(19-7-2-3-8-20(19)22)24(14-15)27(25,26)18-6-4-5-17(12-18)16-9-10-16/h2-8,11-12,14,16,23H,9-10,13H2,1H3. The van der Waals surface area contributed by atoms with Gasteiger partial charge in [0.05, 0.1) is 10.6 Å². The van der Waals surface area contributed by atoms with Crippen molar-refractivity contribution in [3.63, 3.8) is 0 Å². The van der Waals surface area contributed by atoms with Crippen LogP contribution in [0.5, 0.6) is 0 Å². The van der Waals surface area contributed by atoms with Crippen LogP contribution in [0.25, 0.3) is 11.3 Å². The summed E-state index contributed by atoms with van der Waals surface area (Å²) in [5.74, 6) is 0.00508. The van der Waals surface area contributed by atoms with Gasteiger partial charge in [0, 0.05) is 18.3 Å². The van der Waals surface area contributed by atoms with Gasteiger partial charge in [-0.1, -0.05) is 24.3 Å². The topological polar surface area (TPSA) is 51.1 Å². The third kappa shape index (κ3) is 3.42. The van der Waals surface area contributed by atoms with Gasteiger partial charge in [-0.25, -0.2) is 16.8 Å². The van der Waals surface area contributed by atoms with E-state index in [0.29, 0.717) is 18.2 Å². The van der Waals surface area contributed by atoms with E-state index in [2.05, 4.69) is 5.32 Å². The maximum absolute atomic E-state index is 14.4. The Morgan fingerprint density at radius 2 is 1.89 bits per heavy atom. The summed E-state index contributed by atoms with van der Waals surface area (Å²) in [6.45, 7) is 0.492. The van der Waals surface area contributed by atoms with E-state index in [9.17, 15) is 12.8 Å². The highest BCUT2D eigenvalue weighted by molar-refractivity contribution is 7.90. The summed E-state index contributed by atoms with van der Waals surface area (Å²) in [6.07, 6.45) is 3.76. The Kier molecular flexibility index (Phi) is 4.61. The Morgan fingerprint density at radius 3 is 2.59 bits per heavy atom. The second-order valence-electron chi connectivity index (χ2n) is 6.89. The van der Waals surface area contributed by atoms with E-state index in [1.165, 1.54) is 10.0 Å². The van der Waals surface area contributed by atoms with Gasteiger partial charge in [-0.15, -0.1) is 0 Å². The average molecular weight is 384 g/mol. The first kappa shape index (κ1) is 17.9. The smallest absolute Gasteiger partial charge is 0.268 e. The molecule has 4 nitrogen and oxygen atoms in total. The number of aromatic nitrogens is 1. The van der Waals surface area contributed by atoms with Gasteiger partial charge in [0.25, 0.3) is 10.0 Å². The molecule has 27 heavy (non-hydrogen) atoms. The van der Waals surface area contributed by atoms with Crippen LogP contribution in [0.3, 0.4) is 0 Å². The fourth-order valence-corrected chi connectivity index (χ4v) is 4.77. The molecule has 3 aromatic rings. The number of hydrogen-bond acceptors (Lipinski definition) is 3. The number of hydrogen-bond donors (Lipinski definition) is 1. The molecule has 1 heterocycles. The molecular formula is C21H21FN2O2S. The summed E-state index contributed by atoms with van der Waals surface area (Å²) in [5.41, 5.74) is 2.42. The summed E-state index contributed by atoms with van der Waals surface area (Å²) < 4.78 is 42.3. The normalized spacial score (nSPS) is 14.4. The third-order valence-corrected chi connectivity index (χ3v) is 6.51. The molecule has 0 unspecified atom stereocenters. The molecule has 0 saturated heterocycles. The minimum absolute atomic E-state index is 0.232. The third-order valence-electron chi connectivity index (χ3n) is 4.84. The van der Waals surface area contributed by atoms with Crippen LogP contribution in [-0.4, -0.2) is 19.4 Å². The molecule has 4 rings (SSSR count). The Hall–Kier alpha value is -2.44. The van der Waals surface area contributed by atoms with Gasteiger partial charge in [0.1, 0.15) is 5.82 Å². The van der Waals surface area contributed by atoms with Gasteiger partial charge in [-0.3, -0.25) is 0 Å². The van der Waals surface area contributed by atoms with Gasteiger partial charge in [0.2, 0.25) is 0 Å². The van der Waals surface area contributed by atoms with Gasteiger partial charge in [-0.2, -0.15) is 0 Å². The summed E-state index contributed by atoms with van der Waals surface area (Å²) >= 11 is 0. The second kappa shape index (κ2) is 6.94. The van der Waals surface area contributed by atoms with Gasteiger partial charge in [0.15, 0.2) is 0 Å². The lowest BCUT2D eigenvalue weighted by atomic mass is 10.1. The molecule has 1 fully saturated rings. The van der Waals surface area contributed by atoms with Crippen molar-refractivity contribution in [2.75, 3.05) is 7.05 Å². The number of nitrogens with zero attached hydrogens (tertiary/aromatic N) is 1. The van der Waals surface area contributed by atoms with Crippen LogP contribution in [-0.2, 0) is 16.6 Å². The minimum Gasteiger partial charge on any atom is -0.316 e. The number of rotatable bonds is 6. The van der Waals surface area contributed by atoms with Crippen LogP contribution in [0, 0.1) is 5.82 Å². The number of nitrogens with one attached hydrogen (secondary N) is 1. The number of benzene rings is 2. The Balaban J connectivity index is 1.87. The van der Waals surface area contributed by atoms with E-state index in [4.69, 9.17) is 0 Å². The van der Waals surface area contributed by atoms with Crippen molar-refractivity contribution in [3.05, 3.63) is 77.7 Å². The van der Waals surface area contributed by atoms with Crippen molar-refractivity contribution in [1.82, 2.24) is 9.29 Å². The molecule has 1 saturated carbocycles. The van der Waals surface area contributed by atoms with E-state index in [0.717, 1.165) is 24.0 Å². The predicted molar refractivity (Wildman–Crippen MR) is 104 cm³/mol. The molecule has 0 atom stereocenters. The van der Waals surface area contributed by atoms with Crippen molar-refractivity contribution in [2.45, 2.75) is 30.2 Å². The molecule has 0 amide bonds. The van der Waals surface area contributed by atoms with Crippen LogP contribution in [0.15, 0.2) is 65.7 Å². The molecule has 0 aliphatic heterocycles. The SMILES string of the molecule is CNCc1cc(-c2ccccc2F)n(S(=O)(=O)c2cccc(C3CC3)c2)c1. The lowest BCUT2D eigenvalue weighted by Gasteiger charge is -2.12. The molecular weight excluding hydrogens is 363 g/mol. The Morgan fingerprint density at radius 1 is 1.11 bits per heavy atom. The zero-order valence-electron chi connectivity index (χ0n) is 15.0. The van der Waals surface area contributed by atoms with Crippen LogP contribution in [0.2, 0.25) is 0 Å². The van der Waals surface area contributed by atoms with Crippen molar-refractivity contribution in [3.8, 4) is 11.3 Å². The molecule has 1 aliphatic carbocycles. The predicted octanol–water partition coefficient (Wildman–Crippen LogP) is 4.13. The molecule has 1 aliphatic rings. The minimum atomic E-state index is -3.84. The summed E-state index contributed by atoms with van der Waals surface area (Å²) in [6, 6.07) is 15.0. The van der Waals surface area contributed by atoms with Gasteiger partial charge < -0.3 is 5.32 Å². The second-order valence-corrected chi connectivity index (χ2v) is 8.71. The largest absolute Gasteiger partial charge is 0.316 e. The summed E-state index contributed by atoms with van der Waals surface area (Å²) in [5, 5.41) is 3.01.